The van der Waals surface area contributed by atoms with Gasteiger partial charge in [0.1, 0.15) is 11.6 Å². The minimum absolute atomic E-state index is 0.0692. The molecule has 0 fully saturated rings. The summed E-state index contributed by atoms with van der Waals surface area (Å²) < 4.78 is 74.1. The number of halogens is 1. The fraction of sp³-hybridized carbons (Fsp3) is 0.217. The molecule has 33 heavy (non-hydrogen) atoms. The van der Waals surface area contributed by atoms with Crippen molar-refractivity contribution in [3.63, 3.8) is 0 Å². The maximum Gasteiger partial charge on any atom is 0.243 e. The van der Waals surface area contributed by atoms with Crippen molar-refractivity contribution < 1.29 is 26.0 Å². The fourth-order valence-corrected chi connectivity index (χ4v) is 6.35. The van der Waals surface area contributed by atoms with E-state index in [-0.39, 0.29) is 17.0 Å². The zero-order valence-electron chi connectivity index (χ0n) is 17.9. The number of rotatable bonds is 7. The molecule has 0 saturated carbocycles. The molecule has 174 valence electrons. The first-order valence-electron chi connectivity index (χ1n) is 10.2. The Bertz CT molecular complexity index is 1370. The molecule has 0 aromatic heterocycles. The molecule has 0 bridgehead atoms. The smallest absolute Gasteiger partial charge is 0.243 e. The summed E-state index contributed by atoms with van der Waals surface area (Å²) in [7, 11) is -6.08. The number of methoxy groups -OCH3 is 1. The molecule has 1 heterocycles. The van der Waals surface area contributed by atoms with Gasteiger partial charge >= 0.3 is 0 Å². The summed E-state index contributed by atoms with van der Waals surface area (Å²) in [6.45, 7) is 0.437. The van der Waals surface area contributed by atoms with Crippen LogP contribution in [0.2, 0.25) is 0 Å². The molecule has 4 rings (SSSR count). The molecule has 3 aromatic rings. The lowest BCUT2D eigenvalue weighted by atomic mass is 10.0. The number of benzene rings is 3. The van der Waals surface area contributed by atoms with E-state index in [0.29, 0.717) is 30.0 Å². The highest BCUT2D eigenvalue weighted by molar-refractivity contribution is 7.91. The van der Waals surface area contributed by atoms with Gasteiger partial charge in [-0.1, -0.05) is 24.3 Å². The van der Waals surface area contributed by atoms with Crippen LogP contribution in [0.1, 0.15) is 16.7 Å². The summed E-state index contributed by atoms with van der Waals surface area (Å²) >= 11 is 0. The van der Waals surface area contributed by atoms with Gasteiger partial charge in [0.25, 0.3) is 0 Å². The number of hydrogen-bond donors (Lipinski definition) is 1. The van der Waals surface area contributed by atoms with Crippen LogP contribution < -0.4 is 9.46 Å². The summed E-state index contributed by atoms with van der Waals surface area (Å²) in [6, 6.07) is 16.9. The number of hydrogen-bond acceptors (Lipinski definition) is 5. The molecule has 0 spiro atoms. The van der Waals surface area contributed by atoms with Crippen LogP contribution in [0, 0.1) is 5.82 Å². The maximum atomic E-state index is 13.9. The first-order chi connectivity index (χ1) is 15.7. The van der Waals surface area contributed by atoms with Crippen LogP contribution >= 0.6 is 0 Å². The summed E-state index contributed by atoms with van der Waals surface area (Å²) in [5.74, 6) is -0.535. The second-order valence-corrected chi connectivity index (χ2v) is 11.4. The predicted molar refractivity (Wildman–Crippen MR) is 123 cm³/mol. The van der Waals surface area contributed by atoms with Crippen LogP contribution in [-0.4, -0.2) is 34.8 Å². The average molecular weight is 491 g/mol. The van der Waals surface area contributed by atoms with Gasteiger partial charge in [-0.25, -0.2) is 21.2 Å². The molecular formula is C23H23FN2O5S2. The zero-order valence-corrected chi connectivity index (χ0v) is 19.5. The van der Waals surface area contributed by atoms with Crippen molar-refractivity contribution >= 4 is 25.7 Å². The Morgan fingerprint density at radius 2 is 1.70 bits per heavy atom. The highest BCUT2D eigenvalue weighted by Gasteiger charge is 2.28. The fourth-order valence-electron chi connectivity index (χ4n) is 3.73. The van der Waals surface area contributed by atoms with Gasteiger partial charge in [0.2, 0.25) is 20.0 Å². The molecular weight excluding hydrogens is 467 g/mol. The summed E-state index contributed by atoms with van der Waals surface area (Å²) in [6.07, 6.45) is 0.507. The van der Waals surface area contributed by atoms with E-state index in [0.717, 1.165) is 5.56 Å². The third-order valence-electron chi connectivity index (χ3n) is 5.46. The quantitative estimate of drug-likeness (QED) is 0.547. The van der Waals surface area contributed by atoms with E-state index < -0.39 is 31.6 Å². The number of sulfonamides is 2. The molecule has 0 amide bonds. The van der Waals surface area contributed by atoms with Crippen molar-refractivity contribution in [2.24, 2.45) is 0 Å². The van der Waals surface area contributed by atoms with E-state index in [2.05, 4.69) is 4.72 Å². The largest absolute Gasteiger partial charge is 0.497 e. The van der Waals surface area contributed by atoms with Crippen LogP contribution in [-0.2, 0) is 38.8 Å². The summed E-state index contributed by atoms with van der Waals surface area (Å²) in [5, 5.41) is 0. The van der Waals surface area contributed by atoms with E-state index in [1.54, 1.807) is 36.4 Å². The van der Waals surface area contributed by atoms with E-state index in [4.69, 9.17) is 4.74 Å². The van der Waals surface area contributed by atoms with Crippen LogP contribution in [0.4, 0.5) is 10.1 Å². The van der Waals surface area contributed by atoms with Crippen molar-refractivity contribution in [3.8, 4) is 5.75 Å². The predicted octanol–water partition coefficient (Wildman–Crippen LogP) is 3.52. The highest BCUT2D eigenvalue weighted by atomic mass is 32.2. The Labute approximate surface area is 192 Å². The van der Waals surface area contributed by atoms with Gasteiger partial charge in [-0.3, -0.25) is 4.72 Å². The first-order valence-corrected chi connectivity index (χ1v) is 13.3. The van der Waals surface area contributed by atoms with Crippen LogP contribution in [0.5, 0.6) is 5.75 Å². The second-order valence-electron chi connectivity index (χ2n) is 7.70. The number of ether oxygens (including phenoxy) is 1. The topological polar surface area (TPSA) is 92.8 Å². The van der Waals surface area contributed by atoms with E-state index >= 15 is 0 Å². The molecule has 0 saturated heterocycles. The van der Waals surface area contributed by atoms with Crippen molar-refractivity contribution in [3.05, 3.63) is 89.2 Å². The van der Waals surface area contributed by atoms with Crippen molar-refractivity contribution in [2.75, 3.05) is 18.4 Å². The molecule has 1 N–H and O–H groups in total. The molecule has 0 radical (unpaired) electrons. The molecule has 1 aliphatic heterocycles. The van der Waals surface area contributed by atoms with Gasteiger partial charge in [-0.05, 0) is 60.0 Å². The SMILES string of the molecule is COc1ccc(S(=O)(=O)N2CCc3ccc(NS(=O)(=O)Cc4ccccc4F)cc3C2)cc1. The van der Waals surface area contributed by atoms with Gasteiger partial charge in [0.15, 0.2) is 0 Å². The molecule has 0 atom stereocenters. The molecule has 7 nitrogen and oxygen atoms in total. The average Bonchev–Trinajstić information content (AvgIpc) is 2.79. The molecule has 3 aromatic carbocycles. The highest BCUT2D eigenvalue weighted by Crippen LogP contribution is 2.28. The Hall–Kier alpha value is -2.95. The lowest BCUT2D eigenvalue weighted by Crippen LogP contribution is -2.36. The number of fused-ring (bicyclic) bond motifs is 1. The van der Waals surface area contributed by atoms with Gasteiger partial charge in [0.05, 0.1) is 17.8 Å². The lowest BCUT2D eigenvalue weighted by Gasteiger charge is -2.28. The van der Waals surface area contributed by atoms with E-state index in [1.807, 2.05) is 0 Å². The summed E-state index contributed by atoms with van der Waals surface area (Å²) in [4.78, 5) is 0.161. The molecule has 10 heteroatoms. The zero-order chi connectivity index (χ0) is 23.6. The third-order valence-corrected chi connectivity index (χ3v) is 8.55. The van der Waals surface area contributed by atoms with Gasteiger partial charge in [-0.2, -0.15) is 4.31 Å². The Morgan fingerprint density at radius 1 is 0.970 bits per heavy atom. The molecule has 0 aliphatic carbocycles. The van der Waals surface area contributed by atoms with E-state index in [1.165, 1.54) is 41.7 Å². The maximum absolute atomic E-state index is 13.9. The Kier molecular flexibility index (Phi) is 6.42. The van der Waals surface area contributed by atoms with Crippen LogP contribution in [0.15, 0.2) is 71.6 Å². The van der Waals surface area contributed by atoms with Crippen molar-refractivity contribution in [1.82, 2.24) is 4.31 Å². The van der Waals surface area contributed by atoms with Gasteiger partial charge in [0, 0.05) is 24.3 Å². The second kappa shape index (κ2) is 9.12. The lowest BCUT2D eigenvalue weighted by molar-refractivity contribution is 0.391. The Balaban J connectivity index is 1.53. The third kappa shape index (κ3) is 5.18. The number of anilines is 1. The normalized spacial score (nSPS) is 14.5. The molecule has 0 unspecified atom stereocenters. The minimum Gasteiger partial charge on any atom is -0.497 e. The number of nitrogens with zero attached hydrogens (tertiary/aromatic N) is 1. The molecule has 1 aliphatic rings. The standard InChI is InChI=1S/C23H23FN2O5S2/c1-31-21-8-10-22(11-9-21)33(29,30)26-13-12-17-6-7-20(14-19(17)15-26)25-32(27,28)16-18-4-2-3-5-23(18)24/h2-11,14,25H,12-13,15-16H2,1H3. The first kappa shape index (κ1) is 23.2. The summed E-state index contributed by atoms with van der Waals surface area (Å²) in [5.41, 5.74) is 2.03. The van der Waals surface area contributed by atoms with Crippen molar-refractivity contribution in [1.29, 1.82) is 0 Å². The van der Waals surface area contributed by atoms with Crippen LogP contribution in [0.25, 0.3) is 0 Å². The van der Waals surface area contributed by atoms with Gasteiger partial charge in [-0.15, -0.1) is 0 Å². The minimum atomic E-state index is -3.86. The van der Waals surface area contributed by atoms with Gasteiger partial charge < -0.3 is 4.74 Å². The van der Waals surface area contributed by atoms with E-state index in [9.17, 15) is 21.2 Å². The Morgan fingerprint density at radius 3 is 2.39 bits per heavy atom. The van der Waals surface area contributed by atoms with Crippen molar-refractivity contribution in [2.45, 2.75) is 23.6 Å². The van der Waals surface area contributed by atoms with Crippen LogP contribution in [0.3, 0.4) is 0 Å². The monoisotopic (exact) mass is 490 g/mol. The number of nitrogens with one attached hydrogen (secondary N) is 1.